The summed E-state index contributed by atoms with van der Waals surface area (Å²) in [4.78, 5) is 20.9. The highest BCUT2D eigenvalue weighted by atomic mass is 16.1. The molecule has 0 saturated heterocycles. The molecule has 0 aliphatic heterocycles. The molecule has 1 aliphatic carbocycles. The van der Waals surface area contributed by atoms with Crippen LogP contribution in [0.1, 0.15) is 52.9 Å². The van der Waals surface area contributed by atoms with Gasteiger partial charge >= 0.3 is 0 Å². The summed E-state index contributed by atoms with van der Waals surface area (Å²) in [6, 6.07) is 10.2. The fourth-order valence-corrected chi connectivity index (χ4v) is 3.45. The van der Waals surface area contributed by atoms with Crippen molar-refractivity contribution in [3.63, 3.8) is 0 Å². The van der Waals surface area contributed by atoms with Gasteiger partial charge in [-0.3, -0.25) is 9.36 Å². The number of amides is 1. The van der Waals surface area contributed by atoms with Crippen LogP contribution in [0.5, 0.6) is 0 Å². The van der Waals surface area contributed by atoms with Crippen LogP contribution >= 0.6 is 0 Å². The average molecular weight is 346 g/mol. The lowest BCUT2D eigenvalue weighted by Gasteiger charge is -2.20. The second-order valence-corrected chi connectivity index (χ2v) is 6.81. The molecule has 1 amide bonds. The van der Waals surface area contributed by atoms with E-state index in [2.05, 4.69) is 33.5 Å². The molecule has 1 N–H and O–H groups in total. The number of nitrogens with zero attached hydrogens (tertiary/aromatic N) is 3. The number of fused-ring (bicyclic) bond motifs is 1. The summed E-state index contributed by atoms with van der Waals surface area (Å²) >= 11 is 0. The molecule has 132 valence electrons. The van der Waals surface area contributed by atoms with Crippen molar-refractivity contribution in [3.8, 4) is 5.82 Å². The normalized spacial score (nSPS) is 14.5. The molecule has 2 heterocycles. The van der Waals surface area contributed by atoms with E-state index in [1.54, 1.807) is 29.4 Å². The zero-order chi connectivity index (χ0) is 17.9. The molecule has 0 fully saturated rings. The van der Waals surface area contributed by atoms with Gasteiger partial charge in [-0.2, -0.15) is 0 Å². The van der Waals surface area contributed by atoms with Crippen LogP contribution in [-0.2, 0) is 12.8 Å². The molecule has 1 aliphatic rings. The first-order valence-corrected chi connectivity index (χ1v) is 9.07. The van der Waals surface area contributed by atoms with Crippen LogP contribution in [0.4, 0.5) is 0 Å². The Hall–Kier alpha value is -2.95. The molecule has 3 aromatic rings. The van der Waals surface area contributed by atoms with Crippen molar-refractivity contribution >= 4 is 5.91 Å². The van der Waals surface area contributed by atoms with Gasteiger partial charge in [0.1, 0.15) is 12.1 Å². The third kappa shape index (κ3) is 3.38. The van der Waals surface area contributed by atoms with Gasteiger partial charge in [0.15, 0.2) is 0 Å². The van der Waals surface area contributed by atoms with Gasteiger partial charge in [0.05, 0.1) is 11.6 Å². The number of hydrogen-bond donors (Lipinski definition) is 1. The van der Waals surface area contributed by atoms with Crippen molar-refractivity contribution in [1.29, 1.82) is 0 Å². The first kappa shape index (κ1) is 16.5. The first-order chi connectivity index (χ1) is 12.7. The minimum absolute atomic E-state index is 0.0388. The van der Waals surface area contributed by atoms with Crippen molar-refractivity contribution in [2.24, 2.45) is 0 Å². The van der Waals surface area contributed by atoms with Gasteiger partial charge in [0.25, 0.3) is 5.91 Å². The quantitative estimate of drug-likeness (QED) is 0.785. The lowest BCUT2D eigenvalue weighted by atomic mass is 9.89. The zero-order valence-electron chi connectivity index (χ0n) is 14.9. The fraction of sp³-hybridized carbons (Fsp3) is 0.286. The number of carbonyl (C=O) groups is 1. The zero-order valence-corrected chi connectivity index (χ0v) is 14.9. The summed E-state index contributed by atoms with van der Waals surface area (Å²) in [6.07, 6.45) is 11.6. The average Bonchev–Trinajstić information content (AvgIpc) is 3.22. The second-order valence-electron chi connectivity index (χ2n) is 6.81. The van der Waals surface area contributed by atoms with Crippen LogP contribution in [0.3, 0.4) is 0 Å². The maximum absolute atomic E-state index is 12.5. The number of hydrogen-bond acceptors (Lipinski definition) is 3. The maximum atomic E-state index is 12.5. The van der Waals surface area contributed by atoms with Gasteiger partial charge in [0, 0.05) is 18.6 Å². The molecule has 0 saturated carbocycles. The number of aromatic nitrogens is 3. The Morgan fingerprint density at radius 3 is 2.73 bits per heavy atom. The summed E-state index contributed by atoms with van der Waals surface area (Å²) in [5.41, 5.74) is 4.60. The minimum Gasteiger partial charge on any atom is -0.345 e. The highest BCUT2D eigenvalue weighted by Gasteiger charge is 2.15. The summed E-state index contributed by atoms with van der Waals surface area (Å²) in [6.45, 7) is 2.02. The maximum Gasteiger partial charge on any atom is 0.253 e. The largest absolute Gasteiger partial charge is 0.345 e. The highest BCUT2D eigenvalue weighted by Crippen LogP contribution is 2.25. The molecule has 0 radical (unpaired) electrons. The van der Waals surface area contributed by atoms with E-state index in [9.17, 15) is 4.79 Å². The second kappa shape index (κ2) is 7.12. The molecule has 1 atom stereocenters. The Kier molecular flexibility index (Phi) is 4.52. The smallest absolute Gasteiger partial charge is 0.253 e. The van der Waals surface area contributed by atoms with Gasteiger partial charge in [-0.25, -0.2) is 9.97 Å². The van der Waals surface area contributed by atoms with Crippen molar-refractivity contribution in [3.05, 3.63) is 77.5 Å². The molecular formula is C21H22N4O. The van der Waals surface area contributed by atoms with Gasteiger partial charge in [-0.1, -0.05) is 18.2 Å². The molecule has 0 unspecified atom stereocenters. The van der Waals surface area contributed by atoms with E-state index < -0.39 is 0 Å². The highest BCUT2D eigenvalue weighted by molar-refractivity contribution is 5.94. The predicted molar refractivity (Wildman–Crippen MR) is 100 cm³/mol. The number of pyridine rings is 1. The molecule has 2 aromatic heterocycles. The number of carbonyl (C=O) groups excluding carboxylic acids is 1. The van der Waals surface area contributed by atoms with Gasteiger partial charge in [0.2, 0.25) is 0 Å². The number of benzene rings is 1. The lowest BCUT2D eigenvalue weighted by molar-refractivity contribution is 0.0939. The van der Waals surface area contributed by atoms with Crippen molar-refractivity contribution < 1.29 is 4.79 Å². The van der Waals surface area contributed by atoms with E-state index in [0.717, 1.165) is 17.8 Å². The van der Waals surface area contributed by atoms with Crippen LogP contribution in [0.15, 0.2) is 55.2 Å². The number of rotatable bonds is 4. The van der Waals surface area contributed by atoms with E-state index in [1.807, 2.05) is 19.2 Å². The third-order valence-corrected chi connectivity index (χ3v) is 5.00. The van der Waals surface area contributed by atoms with E-state index >= 15 is 0 Å². The molecule has 5 heteroatoms. The van der Waals surface area contributed by atoms with Crippen molar-refractivity contribution in [1.82, 2.24) is 19.9 Å². The lowest BCUT2D eigenvalue weighted by Crippen LogP contribution is -2.27. The molecule has 0 bridgehead atoms. The molecule has 4 rings (SSSR count). The van der Waals surface area contributed by atoms with E-state index in [-0.39, 0.29) is 11.9 Å². The summed E-state index contributed by atoms with van der Waals surface area (Å²) in [5.74, 6) is 0.627. The third-order valence-electron chi connectivity index (χ3n) is 5.00. The minimum atomic E-state index is -0.111. The Morgan fingerprint density at radius 2 is 2.00 bits per heavy atom. The van der Waals surface area contributed by atoms with Crippen LogP contribution in [0, 0.1) is 0 Å². The standard InChI is InChI=1S/C21H22N4O/c1-15(17-7-6-16-4-2-3-5-18(16)12-17)24-21(26)19-8-9-20(23-13-19)25-11-10-22-14-25/h6-15H,2-5H2,1H3,(H,24,26)/t15-/m0/s1. The topological polar surface area (TPSA) is 59.8 Å². The Labute approximate surface area is 153 Å². The molecule has 5 nitrogen and oxygen atoms in total. The molecular weight excluding hydrogens is 324 g/mol. The van der Waals surface area contributed by atoms with Gasteiger partial charge < -0.3 is 5.32 Å². The van der Waals surface area contributed by atoms with Gasteiger partial charge in [-0.15, -0.1) is 0 Å². The van der Waals surface area contributed by atoms with Crippen LogP contribution < -0.4 is 5.32 Å². The fourth-order valence-electron chi connectivity index (χ4n) is 3.45. The molecule has 0 spiro atoms. The molecule has 1 aromatic carbocycles. The number of nitrogens with one attached hydrogen (secondary N) is 1. The van der Waals surface area contributed by atoms with Gasteiger partial charge in [-0.05, 0) is 61.4 Å². The predicted octanol–water partition coefficient (Wildman–Crippen LogP) is 3.64. The Balaban J connectivity index is 1.45. The summed E-state index contributed by atoms with van der Waals surface area (Å²) in [7, 11) is 0. The first-order valence-electron chi connectivity index (χ1n) is 9.07. The van der Waals surface area contributed by atoms with Crippen molar-refractivity contribution in [2.75, 3.05) is 0 Å². The monoisotopic (exact) mass is 346 g/mol. The summed E-state index contributed by atoms with van der Waals surface area (Å²) in [5, 5.41) is 3.08. The van der Waals surface area contributed by atoms with Crippen molar-refractivity contribution in [2.45, 2.75) is 38.6 Å². The van der Waals surface area contributed by atoms with Crippen LogP contribution in [-0.4, -0.2) is 20.4 Å². The number of aryl methyl sites for hydroxylation is 2. The Morgan fingerprint density at radius 1 is 1.15 bits per heavy atom. The Bertz CT molecular complexity index is 900. The van der Waals surface area contributed by atoms with E-state index in [4.69, 9.17) is 0 Å². The number of imidazole rings is 1. The van der Waals surface area contributed by atoms with Crippen LogP contribution in [0.25, 0.3) is 5.82 Å². The summed E-state index contributed by atoms with van der Waals surface area (Å²) < 4.78 is 1.80. The molecule has 26 heavy (non-hydrogen) atoms. The van der Waals surface area contributed by atoms with E-state index in [1.165, 1.54) is 30.4 Å². The van der Waals surface area contributed by atoms with Crippen LogP contribution in [0.2, 0.25) is 0 Å². The van der Waals surface area contributed by atoms with E-state index in [0.29, 0.717) is 5.56 Å². The SMILES string of the molecule is C[C@H](NC(=O)c1ccc(-n2ccnc2)nc1)c1ccc2c(c1)CCCC2.